The summed E-state index contributed by atoms with van der Waals surface area (Å²) in [5.41, 5.74) is 4.01. The molecule has 0 aliphatic carbocycles. The molecular weight excluding hydrogens is 502 g/mol. The molecule has 4 rings (SSSR count). The highest BCUT2D eigenvalue weighted by Gasteiger charge is 2.21. The van der Waals surface area contributed by atoms with Gasteiger partial charge in [0.1, 0.15) is 18.1 Å². The maximum absolute atomic E-state index is 12.5. The lowest BCUT2D eigenvalue weighted by molar-refractivity contribution is -0.384. The standard InChI is InChI=1S/C34H33NO5/c1-33(2,3)25-19-23(20-26(21-25)34(4,5)6)22-39-31-17-11-24-9-7-8-10-29(24)30(31)16-18-32(36)40-28-14-12-27(13-15-28)35(37)38/h7-15,17,19-21H,22H2,1-6H3. The Kier molecular flexibility index (Phi) is 7.97. The minimum absolute atomic E-state index is 0.0143. The van der Waals surface area contributed by atoms with Crippen LogP contribution >= 0.6 is 0 Å². The van der Waals surface area contributed by atoms with Crippen molar-refractivity contribution in [1.82, 2.24) is 0 Å². The molecule has 0 atom stereocenters. The number of carbonyl (C=O) groups excluding carboxylic acids is 1. The van der Waals surface area contributed by atoms with Gasteiger partial charge in [0.25, 0.3) is 5.69 Å². The number of fused-ring (bicyclic) bond motifs is 1. The Morgan fingerprint density at radius 3 is 2.08 bits per heavy atom. The van der Waals surface area contributed by atoms with Crippen molar-refractivity contribution in [3.63, 3.8) is 0 Å². The molecule has 0 saturated heterocycles. The number of nitro benzene ring substituents is 1. The molecule has 0 saturated carbocycles. The number of rotatable bonds is 5. The Balaban J connectivity index is 1.64. The van der Waals surface area contributed by atoms with Gasteiger partial charge in [0.05, 0.1) is 10.5 Å². The molecule has 0 heterocycles. The van der Waals surface area contributed by atoms with Crippen LogP contribution in [0, 0.1) is 22.0 Å². The monoisotopic (exact) mass is 535 g/mol. The van der Waals surface area contributed by atoms with Gasteiger partial charge < -0.3 is 9.47 Å². The van der Waals surface area contributed by atoms with Crippen LogP contribution in [0.2, 0.25) is 0 Å². The van der Waals surface area contributed by atoms with Gasteiger partial charge in [0.2, 0.25) is 0 Å². The van der Waals surface area contributed by atoms with Crippen LogP contribution in [0.15, 0.2) is 78.9 Å². The summed E-state index contributed by atoms with van der Waals surface area (Å²) in [4.78, 5) is 22.9. The molecule has 0 unspecified atom stereocenters. The number of nitrogens with zero attached hydrogens (tertiary/aromatic N) is 1. The zero-order chi connectivity index (χ0) is 29.1. The fourth-order valence-corrected chi connectivity index (χ4v) is 4.19. The van der Waals surface area contributed by atoms with Crippen LogP contribution in [0.1, 0.15) is 63.8 Å². The summed E-state index contributed by atoms with van der Waals surface area (Å²) < 4.78 is 11.6. The zero-order valence-electron chi connectivity index (χ0n) is 23.7. The number of esters is 1. The van der Waals surface area contributed by atoms with E-state index in [0.717, 1.165) is 16.3 Å². The van der Waals surface area contributed by atoms with E-state index >= 15 is 0 Å². The fourth-order valence-electron chi connectivity index (χ4n) is 4.19. The molecule has 0 aromatic heterocycles. The summed E-state index contributed by atoms with van der Waals surface area (Å²) in [5, 5.41) is 12.7. The molecule has 4 aromatic carbocycles. The number of hydrogen-bond donors (Lipinski definition) is 0. The van der Waals surface area contributed by atoms with Crippen LogP contribution in [0.3, 0.4) is 0 Å². The molecular formula is C34H33NO5. The van der Waals surface area contributed by atoms with E-state index in [1.807, 2.05) is 36.4 Å². The van der Waals surface area contributed by atoms with Crippen LogP contribution in [-0.2, 0) is 22.2 Å². The molecule has 6 heteroatoms. The van der Waals surface area contributed by atoms with Crippen molar-refractivity contribution in [2.24, 2.45) is 0 Å². The third kappa shape index (κ3) is 6.86. The summed E-state index contributed by atoms with van der Waals surface area (Å²) in [5.74, 6) is 5.46. The molecule has 0 aliphatic heterocycles. The van der Waals surface area contributed by atoms with E-state index in [9.17, 15) is 14.9 Å². The van der Waals surface area contributed by atoms with Gasteiger partial charge >= 0.3 is 5.97 Å². The third-order valence-electron chi connectivity index (χ3n) is 6.56. The Labute approximate surface area is 235 Å². The van der Waals surface area contributed by atoms with Gasteiger partial charge in [-0.25, -0.2) is 4.79 Å². The first-order chi connectivity index (χ1) is 18.8. The van der Waals surface area contributed by atoms with Crippen molar-refractivity contribution >= 4 is 22.4 Å². The van der Waals surface area contributed by atoms with Gasteiger partial charge in [-0.3, -0.25) is 10.1 Å². The van der Waals surface area contributed by atoms with E-state index in [4.69, 9.17) is 9.47 Å². The summed E-state index contributed by atoms with van der Waals surface area (Å²) in [6.07, 6.45) is 0. The SMILES string of the molecule is CC(C)(C)c1cc(COc2ccc3ccccc3c2C#CC(=O)Oc2ccc([N+](=O)[O-])cc2)cc(C(C)(C)C)c1. The van der Waals surface area contributed by atoms with E-state index in [2.05, 4.69) is 71.6 Å². The number of non-ortho nitro benzene ring substituents is 1. The maximum atomic E-state index is 12.5. The Bertz CT molecular complexity index is 1600. The van der Waals surface area contributed by atoms with Crippen LogP contribution in [-0.4, -0.2) is 10.9 Å². The average molecular weight is 536 g/mol. The lowest BCUT2D eigenvalue weighted by Crippen LogP contribution is -2.17. The van der Waals surface area contributed by atoms with Gasteiger partial charge in [-0.05, 0) is 51.1 Å². The van der Waals surface area contributed by atoms with Crippen molar-refractivity contribution in [2.45, 2.75) is 59.0 Å². The number of ether oxygens (including phenoxy) is 2. The van der Waals surface area contributed by atoms with Gasteiger partial charge in [-0.15, -0.1) is 0 Å². The number of carbonyl (C=O) groups is 1. The van der Waals surface area contributed by atoms with E-state index < -0.39 is 10.9 Å². The molecule has 204 valence electrons. The van der Waals surface area contributed by atoms with Crippen molar-refractivity contribution in [1.29, 1.82) is 0 Å². The predicted octanol–water partition coefficient (Wildman–Crippen LogP) is 7.88. The van der Waals surface area contributed by atoms with Crippen molar-refractivity contribution in [2.75, 3.05) is 0 Å². The van der Waals surface area contributed by atoms with Crippen molar-refractivity contribution in [3.05, 3.63) is 111 Å². The fraction of sp³-hybridized carbons (Fsp3) is 0.265. The van der Waals surface area contributed by atoms with E-state index in [0.29, 0.717) is 17.9 Å². The van der Waals surface area contributed by atoms with E-state index in [1.165, 1.54) is 35.4 Å². The Morgan fingerprint density at radius 2 is 1.48 bits per heavy atom. The summed E-state index contributed by atoms with van der Waals surface area (Å²) in [6, 6.07) is 23.5. The van der Waals surface area contributed by atoms with Gasteiger partial charge in [0, 0.05) is 23.4 Å². The minimum atomic E-state index is -0.777. The van der Waals surface area contributed by atoms with Gasteiger partial charge in [-0.2, -0.15) is 0 Å². The number of hydrogen-bond acceptors (Lipinski definition) is 5. The second kappa shape index (κ2) is 11.2. The van der Waals surface area contributed by atoms with Gasteiger partial charge in [-0.1, -0.05) is 96.0 Å². The molecule has 0 N–H and O–H groups in total. The summed E-state index contributed by atoms with van der Waals surface area (Å²) in [6.45, 7) is 13.5. The second-order valence-electron chi connectivity index (χ2n) is 11.8. The van der Waals surface area contributed by atoms with Crippen LogP contribution < -0.4 is 9.47 Å². The predicted molar refractivity (Wildman–Crippen MR) is 158 cm³/mol. The zero-order valence-corrected chi connectivity index (χ0v) is 23.7. The number of nitro groups is 1. The van der Waals surface area contributed by atoms with E-state index in [1.54, 1.807) is 0 Å². The minimum Gasteiger partial charge on any atom is -0.488 e. The Morgan fingerprint density at radius 1 is 0.850 bits per heavy atom. The van der Waals surface area contributed by atoms with Crippen molar-refractivity contribution < 1.29 is 19.2 Å². The molecule has 0 amide bonds. The molecule has 0 fully saturated rings. The molecule has 0 radical (unpaired) electrons. The summed E-state index contributed by atoms with van der Waals surface area (Å²) >= 11 is 0. The Hall–Kier alpha value is -4.63. The quantitative estimate of drug-likeness (QED) is 0.0854. The topological polar surface area (TPSA) is 78.7 Å². The first-order valence-electron chi connectivity index (χ1n) is 13.1. The molecule has 0 aliphatic rings. The molecule has 40 heavy (non-hydrogen) atoms. The first kappa shape index (κ1) is 28.4. The molecule has 0 bridgehead atoms. The molecule has 6 nitrogen and oxygen atoms in total. The maximum Gasteiger partial charge on any atom is 0.390 e. The number of benzene rings is 4. The molecule has 4 aromatic rings. The van der Waals surface area contributed by atoms with E-state index in [-0.39, 0.29) is 22.3 Å². The van der Waals surface area contributed by atoms with Crippen molar-refractivity contribution in [3.8, 4) is 23.3 Å². The average Bonchev–Trinajstić information content (AvgIpc) is 2.90. The summed E-state index contributed by atoms with van der Waals surface area (Å²) in [7, 11) is 0. The molecule has 0 spiro atoms. The highest BCUT2D eigenvalue weighted by Crippen LogP contribution is 2.32. The highest BCUT2D eigenvalue weighted by molar-refractivity contribution is 5.95. The lowest BCUT2D eigenvalue weighted by atomic mass is 9.79. The normalized spacial score (nSPS) is 11.4. The van der Waals surface area contributed by atoms with Crippen LogP contribution in [0.5, 0.6) is 11.5 Å². The second-order valence-corrected chi connectivity index (χ2v) is 11.8. The van der Waals surface area contributed by atoms with Gasteiger partial charge in [0.15, 0.2) is 0 Å². The van der Waals surface area contributed by atoms with Crippen LogP contribution in [0.25, 0.3) is 10.8 Å². The third-order valence-corrected chi connectivity index (χ3v) is 6.56. The highest BCUT2D eigenvalue weighted by atomic mass is 16.6. The first-order valence-corrected chi connectivity index (χ1v) is 13.1. The largest absolute Gasteiger partial charge is 0.488 e. The van der Waals surface area contributed by atoms with Crippen LogP contribution in [0.4, 0.5) is 5.69 Å². The lowest BCUT2D eigenvalue weighted by Gasteiger charge is -2.26. The smallest absolute Gasteiger partial charge is 0.390 e.